The van der Waals surface area contributed by atoms with Crippen LogP contribution in [0, 0.1) is 14.9 Å². The van der Waals surface area contributed by atoms with Gasteiger partial charge in [-0.25, -0.2) is 4.79 Å². The molecule has 1 aliphatic rings. The minimum atomic E-state index is -0.775. The van der Waals surface area contributed by atoms with Crippen LogP contribution in [0.15, 0.2) is 59.2 Å². The summed E-state index contributed by atoms with van der Waals surface area (Å²) in [5, 5.41) is 10.4. The minimum absolute atomic E-state index is 0.0509. The van der Waals surface area contributed by atoms with Crippen molar-refractivity contribution >= 4 is 40.2 Å². The molecule has 1 aliphatic heterocycles. The molecular weight excluding hydrogens is 571 g/mol. The van der Waals surface area contributed by atoms with Gasteiger partial charge < -0.3 is 24.7 Å². The number of esters is 1. The van der Waals surface area contributed by atoms with Gasteiger partial charge in [0.15, 0.2) is 11.5 Å². The smallest absolute Gasteiger partial charge is 0.338 e. The van der Waals surface area contributed by atoms with Crippen LogP contribution in [0.25, 0.3) is 0 Å². The number of rotatable bonds is 8. The first-order valence-electron chi connectivity index (χ1n) is 10.6. The standard InChI is InChI=1S/C25H24ClIN2O5/c1-4-31-20-11-16(10-19(27)23(20)33-13-15-8-6-7-9-18(15)26)22-17(12-28)24(29)34-14(3)21(22)25(30)32-5-2/h6-11,22H,4-5,13,29H2,1-3H3. The quantitative estimate of drug-likeness (QED) is 0.315. The van der Waals surface area contributed by atoms with Crippen LogP contribution in [0.2, 0.25) is 5.02 Å². The molecule has 0 spiro atoms. The van der Waals surface area contributed by atoms with Crippen LogP contribution >= 0.6 is 34.2 Å². The van der Waals surface area contributed by atoms with Crippen LogP contribution in [0.1, 0.15) is 37.8 Å². The van der Waals surface area contributed by atoms with Crippen LogP contribution in [-0.4, -0.2) is 19.2 Å². The summed E-state index contributed by atoms with van der Waals surface area (Å²) in [6.07, 6.45) is 0. The summed E-state index contributed by atoms with van der Waals surface area (Å²) >= 11 is 8.41. The van der Waals surface area contributed by atoms with Crippen LogP contribution < -0.4 is 15.2 Å². The number of carbonyl (C=O) groups excluding carboxylic acids is 1. The summed E-state index contributed by atoms with van der Waals surface area (Å²) in [6.45, 7) is 6.01. The normalized spacial score (nSPS) is 15.5. The number of halogens is 2. The maximum atomic E-state index is 12.8. The second kappa shape index (κ2) is 11.5. The van der Waals surface area contributed by atoms with E-state index < -0.39 is 11.9 Å². The maximum Gasteiger partial charge on any atom is 0.338 e. The zero-order chi connectivity index (χ0) is 24.8. The van der Waals surface area contributed by atoms with Crippen molar-refractivity contribution in [2.24, 2.45) is 5.73 Å². The molecule has 34 heavy (non-hydrogen) atoms. The van der Waals surface area contributed by atoms with Gasteiger partial charge in [-0.3, -0.25) is 0 Å². The highest BCUT2D eigenvalue weighted by atomic mass is 127. The summed E-state index contributed by atoms with van der Waals surface area (Å²) < 4.78 is 23.4. The molecule has 0 bridgehead atoms. The Bertz CT molecular complexity index is 1200. The highest BCUT2D eigenvalue weighted by Crippen LogP contribution is 2.44. The summed E-state index contributed by atoms with van der Waals surface area (Å²) in [4.78, 5) is 12.8. The number of nitrogens with two attached hydrogens (primary N) is 1. The Labute approximate surface area is 217 Å². The van der Waals surface area contributed by atoms with E-state index in [2.05, 4.69) is 28.7 Å². The first-order valence-corrected chi connectivity index (χ1v) is 12.1. The summed E-state index contributed by atoms with van der Waals surface area (Å²) in [5.41, 5.74) is 7.82. The second-order valence-electron chi connectivity index (χ2n) is 7.26. The number of benzene rings is 2. The van der Waals surface area contributed by atoms with Crippen molar-refractivity contribution in [3.8, 4) is 17.6 Å². The van der Waals surface area contributed by atoms with Gasteiger partial charge in [0.05, 0.1) is 28.3 Å². The first kappa shape index (κ1) is 25.7. The molecule has 0 saturated carbocycles. The molecule has 1 heterocycles. The fraction of sp³-hybridized carbons (Fsp3) is 0.280. The maximum absolute atomic E-state index is 12.8. The van der Waals surface area contributed by atoms with E-state index in [-0.39, 0.29) is 36.0 Å². The van der Waals surface area contributed by atoms with E-state index in [0.717, 1.165) is 9.13 Å². The van der Waals surface area contributed by atoms with Crippen molar-refractivity contribution in [3.63, 3.8) is 0 Å². The SMILES string of the molecule is CCOC(=O)C1=C(C)OC(N)=C(C#N)C1c1cc(I)c(OCc2ccccc2Cl)c(OCC)c1. The Morgan fingerprint density at radius 2 is 1.97 bits per heavy atom. The van der Waals surface area contributed by atoms with E-state index in [0.29, 0.717) is 28.7 Å². The van der Waals surface area contributed by atoms with Gasteiger partial charge >= 0.3 is 5.97 Å². The van der Waals surface area contributed by atoms with E-state index in [1.807, 2.05) is 31.2 Å². The Balaban J connectivity index is 2.08. The molecule has 0 saturated heterocycles. The molecule has 1 unspecified atom stereocenters. The largest absolute Gasteiger partial charge is 0.490 e. The Hall–Kier alpha value is -2.90. The lowest BCUT2D eigenvalue weighted by atomic mass is 9.83. The number of ether oxygens (including phenoxy) is 4. The third kappa shape index (κ3) is 5.42. The van der Waals surface area contributed by atoms with E-state index >= 15 is 0 Å². The van der Waals surface area contributed by atoms with Crippen molar-refractivity contribution < 1.29 is 23.7 Å². The van der Waals surface area contributed by atoms with E-state index in [1.54, 1.807) is 26.0 Å². The predicted octanol–water partition coefficient (Wildman–Crippen LogP) is 5.57. The third-order valence-electron chi connectivity index (χ3n) is 5.10. The molecule has 2 aromatic rings. The molecule has 1 atom stereocenters. The van der Waals surface area contributed by atoms with E-state index in [1.165, 1.54) is 0 Å². The number of carbonyl (C=O) groups is 1. The molecule has 0 aliphatic carbocycles. The number of nitriles is 1. The van der Waals surface area contributed by atoms with Gasteiger partial charge in [-0.1, -0.05) is 29.8 Å². The molecule has 0 fully saturated rings. The lowest BCUT2D eigenvalue weighted by molar-refractivity contribution is -0.139. The third-order valence-corrected chi connectivity index (χ3v) is 6.27. The summed E-state index contributed by atoms with van der Waals surface area (Å²) in [5.74, 6) is -0.107. The summed E-state index contributed by atoms with van der Waals surface area (Å²) in [6, 6.07) is 13.1. The van der Waals surface area contributed by atoms with Gasteiger partial charge in [0.25, 0.3) is 0 Å². The molecular formula is C25H24ClIN2O5. The molecule has 9 heteroatoms. The van der Waals surface area contributed by atoms with Gasteiger partial charge in [0.1, 0.15) is 24.0 Å². The molecule has 178 valence electrons. The molecule has 3 rings (SSSR count). The number of nitrogens with zero attached hydrogens (tertiary/aromatic N) is 1. The Kier molecular flexibility index (Phi) is 8.69. The number of allylic oxidation sites excluding steroid dienone is 2. The van der Waals surface area contributed by atoms with E-state index in [9.17, 15) is 10.1 Å². The summed E-state index contributed by atoms with van der Waals surface area (Å²) in [7, 11) is 0. The Morgan fingerprint density at radius 1 is 1.24 bits per heavy atom. The average molecular weight is 595 g/mol. The number of hydrogen-bond donors (Lipinski definition) is 1. The van der Waals surface area contributed by atoms with Gasteiger partial charge in [-0.15, -0.1) is 0 Å². The minimum Gasteiger partial charge on any atom is -0.490 e. The lowest BCUT2D eigenvalue weighted by Gasteiger charge is -2.27. The molecule has 0 radical (unpaired) electrons. The fourth-order valence-corrected chi connectivity index (χ4v) is 4.58. The average Bonchev–Trinajstić information content (AvgIpc) is 2.79. The van der Waals surface area contributed by atoms with Crippen LogP contribution in [0.4, 0.5) is 0 Å². The molecule has 0 amide bonds. The lowest BCUT2D eigenvalue weighted by Crippen LogP contribution is -2.25. The van der Waals surface area contributed by atoms with Crippen molar-refractivity contribution in [1.82, 2.24) is 0 Å². The molecule has 7 nitrogen and oxygen atoms in total. The van der Waals surface area contributed by atoms with Crippen molar-refractivity contribution in [2.45, 2.75) is 33.3 Å². The number of hydrogen-bond acceptors (Lipinski definition) is 7. The second-order valence-corrected chi connectivity index (χ2v) is 8.83. The Morgan fingerprint density at radius 3 is 2.62 bits per heavy atom. The highest BCUT2D eigenvalue weighted by Gasteiger charge is 2.37. The highest BCUT2D eigenvalue weighted by molar-refractivity contribution is 14.1. The molecule has 0 aromatic heterocycles. The van der Waals surface area contributed by atoms with Gasteiger partial charge in [0, 0.05) is 10.6 Å². The van der Waals surface area contributed by atoms with Gasteiger partial charge in [-0.2, -0.15) is 5.26 Å². The van der Waals surface area contributed by atoms with Gasteiger partial charge in [0.2, 0.25) is 5.88 Å². The van der Waals surface area contributed by atoms with E-state index in [4.69, 9.17) is 36.3 Å². The van der Waals surface area contributed by atoms with Crippen LogP contribution in [0.5, 0.6) is 11.5 Å². The van der Waals surface area contributed by atoms with Crippen LogP contribution in [-0.2, 0) is 20.9 Å². The molecule has 2 N–H and O–H groups in total. The zero-order valence-electron chi connectivity index (χ0n) is 19.0. The van der Waals surface area contributed by atoms with Crippen molar-refractivity contribution in [2.75, 3.05) is 13.2 Å². The fourth-order valence-electron chi connectivity index (χ4n) is 3.61. The van der Waals surface area contributed by atoms with Crippen LogP contribution in [0.3, 0.4) is 0 Å². The predicted molar refractivity (Wildman–Crippen MR) is 136 cm³/mol. The topological polar surface area (TPSA) is 104 Å². The zero-order valence-corrected chi connectivity index (χ0v) is 21.9. The molecule has 2 aromatic carbocycles. The van der Waals surface area contributed by atoms with Gasteiger partial charge in [-0.05, 0) is 67.1 Å². The van der Waals surface area contributed by atoms with Crippen molar-refractivity contribution in [3.05, 3.63) is 78.9 Å². The monoisotopic (exact) mass is 594 g/mol. The first-order chi connectivity index (χ1) is 16.3. The van der Waals surface area contributed by atoms with Crippen molar-refractivity contribution in [1.29, 1.82) is 5.26 Å².